The van der Waals surface area contributed by atoms with E-state index in [9.17, 15) is 0 Å². The summed E-state index contributed by atoms with van der Waals surface area (Å²) in [5, 5.41) is 29.7. The highest BCUT2D eigenvalue weighted by Crippen LogP contribution is 2.48. The van der Waals surface area contributed by atoms with Gasteiger partial charge in [-0.3, -0.25) is 0 Å². The third kappa shape index (κ3) is 6.09. The van der Waals surface area contributed by atoms with Crippen molar-refractivity contribution in [1.29, 1.82) is 0 Å². The van der Waals surface area contributed by atoms with Crippen molar-refractivity contribution in [3.8, 4) is 11.4 Å². The zero-order valence-corrected chi connectivity index (χ0v) is 24.6. The molecule has 0 aliphatic rings. The molecule has 0 atom stereocenters. The van der Waals surface area contributed by atoms with Crippen molar-refractivity contribution in [2.75, 3.05) is 0 Å². The summed E-state index contributed by atoms with van der Waals surface area (Å²) in [6.07, 6.45) is 0. The fraction of sp³-hybridized carbons (Fsp3) is 0.0625. The van der Waals surface area contributed by atoms with Crippen molar-refractivity contribution >= 4 is 44.3 Å². The zero-order valence-electron chi connectivity index (χ0n) is 22.9. The molecule has 4 aromatic carbocycles. The number of rotatable bonds is 9. The quantitative estimate of drug-likeness (QED) is 0.125. The summed E-state index contributed by atoms with van der Waals surface area (Å²) in [7, 11) is 3.07. The summed E-state index contributed by atoms with van der Waals surface area (Å²) < 4.78 is 3.82. The second kappa shape index (κ2) is 12.8. The number of azo groups is 2. The first-order valence-electron chi connectivity index (χ1n) is 13.3. The molecule has 42 heavy (non-hydrogen) atoms. The number of hydrogen-bond acceptors (Lipinski definition) is 8. The minimum absolute atomic E-state index is 0.704. The van der Waals surface area contributed by atoms with Crippen molar-refractivity contribution < 1.29 is 0 Å². The van der Waals surface area contributed by atoms with Gasteiger partial charge in [-0.2, -0.15) is 20.4 Å². The topological polar surface area (TPSA) is 85.1 Å². The molecule has 0 radical (unpaired) electrons. The van der Waals surface area contributed by atoms with Gasteiger partial charge < -0.3 is 0 Å². The minimum atomic E-state index is 0.704. The standard InChI is InChI=1S/C32H26N8S2/c1-23-29(35-33-25-15-7-3-8-16-25)31(39(37-23)27-19-11-5-12-20-27)41-42-32-30(36-34-26-17-9-4-10-18-26)24(2)38-40(32)28-21-13-6-14-22-28/h3-22H,1-2H3. The molecular weight excluding hydrogens is 561 g/mol. The average Bonchev–Trinajstić information content (AvgIpc) is 3.54. The van der Waals surface area contributed by atoms with Crippen LogP contribution in [-0.4, -0.2) is 19.6 Å². The summed E-state index contributed by atoms with van der Waals surface area (Å²) in [6.45, 7) is 3.90. The van der Waals surface area contributed by atoms with Gasteiger partial charge in [-0.25, -0.2) is 9.36 Å². The highest BCUT2D eigenvalue weighted by atomic mass is 33.1. The Bertz CT molecular complexity index is 1690. The van der Waals surface area contributed by atoms with Gasteiger partial charge >= 0.3 is 0 Å². The number of aromatic nitrogens is 4. The summed E-state index contributed by atoms with van der Waals surface area (Å²) in [5.74, 6) is 0. The Labute approximate surface area is 251 Å². The van der Waals surface area contributed by atoms with Crippen LogP contribution in [0.4, 0.5) is 22.7 Å². The number of benzene rings is 4. The van der Waals surface area contributed by atoms with Gasteiger partial charge in [0.05, 0.1) is 34.1 Å². The first-order valence-corrected chi connectivity index (χ1v) is 15.4. The highest BCUT2D eigenvalue weighted by molar-refractivity contribution is 8.76. The van der Waals surface area contributed by atoms with Crippen LogP contribution < -0.4 is 0 Å². The molecule has 0 fully saturated rings. The maximum absolute atomic E-state index is 4.85. The van der Waals surface area contributed by atoms with Crippen LogP contribution in [0.1, 0.15) is 11.4 Å². The zero-order chi connectivity index (χ0) is 28.7. The van der Waals surface area contributed by atoms with Gasteiger partial charge in [0.15, 0.2) is 0 Å². The van der Waals surface area contributed by atoms with E-state index in [1.54, 1.807) is 0 Å². The molecular formula is C32H26N8S2. The van der Waals surface area contributed by atoms with Gasteiger partial charge in [-0.05, 0) is 84.0 Å². The minimum Gasteiger partial charge on any atom is -0.224 e. The fourth-order valence-corrected chi connectivity index (χ4v) is 6.64. The van der Waals surface area contributed by atoms with Crippen LogP contribution in [0, 0.1) is 13.8 Å². The van der Waals surface area contributed by atoms with Crippen molar-refractivity contribution in [3.63, 3.8) is 0 Å². The number of nitrogens with zero attached hydrogens (tertiary/aromatic N) is 8. The van der Waals surface area contributed by atoms with E-state index in [-0.39, 0.29) is 0 Å². The lowest BCUT2D eigenvalue weighted by Crippen LogP contribution is -1.99. The Morgan fingerprint density at radius 2 is 0.786 bits per heavy atom. The second-order valence-electron chi connectivity index (χ2n) is 9.21. The first kappa shape index (κ1) is 27.4. The molecule has 206 valence electrons. The molecule has 0 saturated heterocycles. The lowest BCUT2D eigenvalue weighted by Gasteiger charge is -2.09. The fourth-order valence-electron chi connectivity index (χ4n) is 4.15. The summed E-state index contributed by atoms with van der Waals surface area (Å²) in [4.78, 5) is 0. The van der Waals surface area contributed by atoms with E-state index < -0.39 is 0 Å². The molecule has 0 amide bonds. The maximum atomic E-state index is 4.85. The van der Waals surface area contributed by atoms with Crippen LogP contribution >= 0.6 is 21.6 Å². The number of hydrogen-bond donors (Lipinski definition) is 0. The van der Waals surface area contributed by atoms with E-state index in [1.165, 1.54) is 21.6 Å². The summed E-state index contributed by atoms with van der Waals surface area (Å²) >= 11 is 0. The van der Waals surface area contributed by atoms with Crippen molar-refractivity contribution in [1.82, 2.24) is 19.6 Å². The molecule has 2 heterocycles. The Hall–Kier alpha value is -4.80. The monoisotopic (exact) mass is 586 g/mol. The van der Waals surface area contributed by atoms with Crippen LogP contribution in [-0.2, 0) is 0 Å². The van der Waals surface area contributed by atoms with Crippen LogP contribution in [0.3, 0.4) is 0 Å². The van der Waals surface area contributed by atoms with Crippen molar-refractivity contribution in [3.05, 3.63) is 133 Å². The van der Waals surface area contributed by atoms with Gasteiger partial charge in [0, 0.05) is 0 Å². The molecule has 0 unspecified atom stereocenters. The van der Waals surface area contributed by atoms with Crippen LogP contribution in [0.5, 0.6) is 0 Å². The van der Waals surface area contributed by atoms with E-state index in [2.05, 4.69) is 20.5 Å². The van der Waals surface area contributed by atoms with Gasteiger partial charge in [-0.1, -0.05) is 72.8 Å². The molecule has 2 aromatic heterocycles. The molecule has 10 heteroatoms. The van der Waals surface area contributed by atoms with E-state index in [0.717, 1.165) is 44.2 Å². The van der Waals surface area contributed by atoms with Gasteiger partial charge in [-0.15, -0.1) is 10.2 Å². The maximum Gasteiger partial charge on any atom is 0.142 e. The molecule has 0 saturated carbocycles. The van der Waals surface area contributed by atoms with E-state index in [1.807, 2.05) is 145 Å². The molecule has 0 aliphatic carbocycles. The Morgan fingerprint density at radius 3 is 1.14 bits per heavy atom. The van der Waals surface area contributed by atoms with Crippen LogP contribution in [0.25, 0.3) is 11.4 Å². The Morgan fingerprint density at radius 1 is 0.452 bits per heavy atom. The molecule has 0 aliphatic heterocycles. The second-order valence-corrected chi connectivity index (χ2v) is 11.3. The number of aryl methyl sites for hydroxylation is 2. The van der Waals surface area contributed by atoms with E-state index in [4.69, 9.17) is 10.2 Å². The molecule has 8 nitrogen and oxygen atoms in total. The van der Waals surface area contributed by atoms with Gasteiger partial charge in [0.2, 0.25) is 0 Å². The predicted octanol–water partition coefficient (Wildman–Crippen LogP) is 10.3. The predicted molar refractivity (Wildman–Crippen MR) is 170 cm³/mol. The highest BCUT2D eigenvalue weighted by Gasteiger charge is 2.23. The van der Waals surface area contributed by atoms with Crippen molar-refractivity contribution in [2.24, 2.45) is 20.5 Å². The van der Waals surface area contributed by atoms with Crippen molar-refractivity contribution in [2.45, 2.75) is 23.9 Å². The molecule has 0 bridgehead atoms. The number of para-hydroxylation sites is 2. The Balaban J connectivity index is 1.42. The third-order valence-electron chi connectivity index (χ3n) is 6.22. The third-order valence-corrected chi connectivity index (χ3v) is 8.55. The summed E-state index contributed by atoms with van der Waals surface area (Å²) in [6, 6.07) is 39.4. The largest absolute Gasteiger partial charge is 0.224 e. The van der Waals surface area contributed by atoms with Gasteiger partial charge in [0.1, 0.15) is 21.4 Å². The normalized spacial score (nSPS) is 11.6. The van der Waals surface area contributed by atoms with E-state index >= 15 is 0 Å². The molecule has 6 rings (SSSR count). The van der Waals surface area contributed by atoms with Crippen LogP contribution in [0.15, 0.2) is 152 Å². The lowest BCUT2D eigenvalue weighted by atomic mass is 10.3. The van der Waals surface area contributed by atoms with Crippen LogP contribution in [0.2, 0.25) is 0 Å². The molecule has 6 aromatic rings. The lowest BCUT2D eigenvalue weighted by molar-refractivity contribution is 0.792. The summed E-state index contributed by atoms with van der Waals surface area (Å²) in [5.41, 5.74) is 6.37. The smallest absolute Gasteiger partial charge is 0.142 e. The average molecular weight is 587 g/mol. The SMILES string of the molecule is Cc1nn(-c2ccccc2)c(SSc2c(N=Nc3ccccc3)c(C)nn2-c2ccccc2)c1N=Nc1ccccc1. The molecule has 0 N–H and O–H groups in total. The van der Waals surface area contributed by atoms with Gasteiger partial charge in [0.25, 0.3) is 0 Å². The van der Waals surface area contributed by atoms with E-state index in [0.29, 0.717) is 11.4 Å². The molecule has 0 spiro atoms. The Kier molecular flexibility index (Phi) is 8.34. The first-order chi connectivity index (χ1) is 20.7.